The van der Waals surface area contributed by atoms with Crippen LogP contribution in [0.3, 0.4) is 0 Å². The minimum Gasteiger partial charge on any atom is -0.465 e. The van der Waals surface area contributed by atoms with Crippen LogP contribution in [0.15, 0.2) is 18.3 Å². The number of hydrogen-bond acceptors (Lipinski definition) is 5. The quantitative estimate of drug-likeness (QED) is 0.741. The summed E-state index contributed by atoms with van der Waals surface area (Å²) in [5.74, 6) is 0.274. The minimum absolute atomic E-state index is 0.363. The predicted octanol–water partition coefficient (Wildman–Crippen LogP) is 1.05. The maximum absolute atomic E-state index is 11.4. The summed E-state index contributed by atoms with van der Waals surface area (Å²) in [6.45, 7) is 2.87. The molecule has 2 aromatic rings. The van der Waals surface area contributed by atoms with Crippen LogP contribution in [0.5, 0.6) is 0 Å². The van der Waals surface area contributed by atoms with Gasteiger partial charge in [0.15, 0.2) is 11.5 Å². The molecule has 0 N–H and O–H groups in total. The Balaban J connectivity index is 2.39. The highest BCUT2D eigenvalue weighted by atomic mass is 16.5. The third kappa shape index (κ3) is 2.26. The summed E-state index contributed by atoms with van der Waals surface area (Å²) in [7, 11) is 1.35. The molecule has 17 heavy (non-hydrogen) atoms. The molecular formula is C11H13N3O3. The van der Waals surface area contributed by atoms with Crippen LogP contribution in [-0.2, 0) is 16.1 Å². The lowest BCUT2D eigenvalue weighted by atomic mass is 10.3. The van der Waals surface area contributed by atoms with Gasteiger partial charge in [-0.25, -0.2) is 4.79 Å². The Morgan fingerprint density at radius 2 is 2.24 bits per heavy atom. The van der Waals surface area contributed by atoms with Crippen LogP contribution in [0, 0.1) is 0 Å². The normalized spacial score (nSPS) is 10.7. The summed E-state index contributed by atoms with van der Waals surface area (Å²) < 4.78 is 11.7. The number of carbonyl (C=O) groups excluding carboxylic acids is 1. The molecule has 0 radical (unpaired) electrons. The first-order valence-corrected chi connectivity index (χ1v) is 5.26. The fourth-order valence-corrected chi connectivity index (χ4v) is 1.47. The minimum atomic E-state index is -0.386. The van der Waals surface area contributed by atoms with Crippen molar-refractivity contribution in [3.8, 4) is 0 Å². The third-order valence-electron chi connectivity index (χ3n) is 2.33. The van der Waals surface area contributed by atoms with Crippen molar-refractivity contribution in [1.82, 2.24) is 14.6 Å². The molecule has 2 rings (SSSR count). The lowest BCUT2D eigenvalue weighted by Gasteiger charge is -2.02. The Labute approximate surface area is 98.2 Å². The molecule has 0 saturated carbocycles. The fraction of sp³-hybridized carbons (Fsp3) is 0.364. The van der Waals surface area contributed by atoms with Crippen LogP contribution in [-0.4, -0.2) is 34.3 Å². The van der Waals surface area contributed by atoms with Gasteiger partial charge in [-0.05, 0) is 19.1 Å². The summed E-state index contributed by atoms with van der Waals surface area (Å²) in [4.78, 5) is 11.4. The number of methoxy groups -OCH3 is 1. The number of aromatic nitrogens is 3. The van der Waals surface area contributed by atoms with Crippen molar-refractivity contribution < 1.29 is 14.3 Å². The molecule has 2 heterocycles. The molecule has 0 aliphatic heterocycles. The molecule has 0 fully saturated rings. The Kier molecular flexibility index (Phi) is 3.34. The Morgan fingerprint density at radius 1 is 1.41 bits per heavy atom. The van der Waals surface area contributed by atoms with E-state index in [-0.39, 0.29) is 5.97 Å². The Bertz CT molecular complexity index is 536. The van der Waals surface area contributed by atoms with E-state index in [2.05, 4.69) is 14.9 Å². The number of esters is 1. The van der Waals surface area contributed by atoms with Crippen molar-refractivity contribution in [3.05, 3.63) is 29.7 Å². The predicted molar refractivity (Wildman–Crippen MR) is 59.7 cm³/mol. The van der Waals surface area contributed by atoms with Crippen LogP contribution in [0.1, 0.15) is 23.1 Å². The second-order valence-corrected chi connectivity index (χ2v) is 3.39. The van der Waals surface area contributed by atoms with E-state index < -0.39 is 0 Å². The first-order valence-electron chi connectivity index (χ1n) is 5.26. The number of pyridine rings is 1. The topological polar surface area (TPSA) is 65.7 Å². The molecule has 6 nitrogen and oxygen atoms in total. The largest absolute Gasteiger partial charge is 0.465 e. The van der Waals surface area contributed by atoms with E-state index in [4.69, 9.17) is 4.74 Å². The van der Waals surface area contributed by atoms with Gasteiger partial charge in [-0.3, -0.25) is 4.40 Å². The van der Waals surface area contributed by atoms with Gasteiger partial charge in [0.25, 0.3) is 0 Å². The molecule has 0 aromatic carbocycles. The van der Waals surface area contributed by atoms with Gasteiger partial charge in [0.05, 0.1) is 12.7 Å². The van der Waals surface area contributed by atoms with E-state index in [1.54, 1.807) is 22.7 Å². The maximum Gasteiger partial charge on any atom is 0.339 e. The second kappa shape index (κ2) is 4.92. The van der Waals surface area contributed by atoms with Crippen molar-refractivity contribution in [2.75, 3.05) is 13.7 Å². The average molecular weight is 235 g/mol. The smallest absolute Gasteiger partial charge is 0.339 e. The van der Waals surface area contributed by atoms with Gasteiger partial charge in [0.2, 0.25) is 0 Å². The molecule has 0 aliphatic rings. The van der Waals surface area contributed by atoms with E-state index in [1.165, 1.54) is 7.11 Å². The standard InChI is InChI=1S/C11H13N3O3/c1-3-17-7-10-13-12-9-5-4-8(6-14(9)10)11(15)16-2/h4-6H,3,7H2,1-2H3. The van der Waals surface area contributed by atoms with Crippen molar-refractivity contribution in [2.45, 2.75) is 13.5 Å². The van der Waals surface area contributed by atoms with Gasteiger partial charge in [-0.15, -0.1) is 10.2 Å². The number of ether oxygens (including phenoxy) is 2. The average Bonchev–Trinajstić information content (AvgIpc) is 2.77. The number of nitrogens with zero attached hydrogens (tertiary/aromatic N) is 3. The van der Waals surface area contributed by atoms with Crippen LogP contribution in [0.4, 0.5) is 0 Å². The molecule has 6 heteroatoms. The van der Waals surface area contributed by atoms with Gasteiger partial charge in [0.1, 0.15) is 6.61 Å². The fourth-order valence-electron chi connectivity index (χ4n) is 1.47. The molecular weight excluding hydrogens is 222 g/mol. The first kappa shape index (κ1) is 11.5. The van der Waals surface area contributed by atoms with Gasteiger partial charge in [0, 0.05) is 12.8 Å². The van der Waals surface area contributed by atoms with Crippen LogP contribution < -0.4 is 0 Å². The lowest BCUT2D eigenvalue weighted by molar-refractivity contribution is 0.0600. The molecule has 2 aromatic heterocycles. The van der Waals surface area contributed by atoms with Crippen LogP contribution in [0.25, 0.3) is 5.65 Å². The van der Waals surface area contributed by atoms with Gasteiger partial charge in [-0.1, -0.05) is 0 Å². The van der Waals surface area contributed by atoms with Crippen LogP contribution in [0.2, 0.25) is 0 Å². The Morgan fingerprint density at radius 3 is 2.94 bits per heavy atom. The summed E-state index contributed by atoms with van der Waals surface area (Å²) >= 11 is 0. The highest BCUT2D eigenvalue weighted by Gasteiger charge is 2.10. The number of hydrogen-bond donors (Lipinski definition) is 0. The summed E-state index contributed by atoms with van der Waals surface area (Å²) in [5.41, 5.74) is 1.13. The zero-order valence-electron chi connectivity index (χ0n) is 9.71. The Hall–Kier alpha value is -1.95. The summed E-state index contributed by atoms with van der Waals surface area (Å²) in [5, 5.41) is 7.97. The zero-order chi connectivity index (χ0) is 12.3. The first-order chi connectivity index (χ1) is 8.26. The van der Waals surface area contributed by atoms with Crippen molar-refractivity contribution in [3.63, 3.8) is 0 Å². The van der Waals surface area contributed by atoms with E-state index in [0.29, 0.717) is 30.2 Å². The number of rotatable bonds is 4. The monoisotopic (exact) mass is 235 g/mol. The SMILES string of the molecule is CCOCc1nnc2ccc(C(=O)OC)cn12. The highest BCUT2D eigenvalue weighted by molar-refractivity contribution is 5.89. The van der Waals surface area contributed by atoms with E-state index in [1.807, 2.05) is 6.92 Å². The van der Waals surface area contributed by atoms with Gasteiger partial charge in [-0.2, -0.15) is 0 Å². The van der Waals surface area contributed by atoms with Crippen molar-refractivity contribution >= 4 is 11.6 Å². The number of carbonyl (C=O) groups is 1. The molecule has 90 valence electrons. The lowest BCUT2D eigenvalue weighted by Crippen LogP contribution is -2.04. The van der Waals surface area contributed by atoms with E-state index >= 15 is 0 Å². The third-order valence-corrected chi connectivity index (χ3v) is 2.33. The molecule has 0 atom stereocenters. The summed E-state index contributed by atoms with van der Waals surface area (Å²) in [6.07, 6.45) is 1.65. The molecule has 0 bridgehead atoms. The van der Waals surface area contributed by atoms with Crippen LogP contribution >= 0.6 is 0 Å². The maximum atomic E-state index is 11.4. The second-order valence-electron chi connectivity index (χ2n) is 3.39. The number of fused-ring (bicyclic) bond motifs is 1. The van der Waals surface area contributed by atoms with Crippen molar-refractivity contribution in [1.29, 1.82) is 0 Å². The molecule has 0 saturated heterocycles. The molecule has 0 unspecified atom stereocenters. The van der Waals surface area contributed by atoms with Crippen molar-refractivity contribution in [2.24, 2.45) is 0 Å². The van der Waals surface area contributed by atoms with Gasteiger partial charge < -0.3 is 9.47 Å². The molecule has 0 aliphatic carbocycles. The molecule has 0 amide bonds. The van der Waals surface area contributed by atoms with E-state index in [9.17, 15) is 4.79 Å². The highest BCUT2D eigenvalue weighted by Crippen LogP contribution is 2.08. The summed E-state index contributed by atoms with van der Waals surface area (Å²) in [6, 6.07) is 3.37. The zero-order valence-corrected chi connectivity index (χ0v) is 9.71. The van der Waals surface area contributed by atoms with Gasteiger partial charge >= 0.3 is 5.97 Å². The van der Waals surface area contributed by atoms with E-state index in [0.717, 1.165) is 0 Å². The molecule has 0 spiro atoms.